The molecule has 2 rings (SSSR count). The molecular weight excluding hydrogens is 268 g/mol. The molecule has 7 heteroatoms. The molecule has 2 unspecified atom stereocenters. The highest BCUT2D eigenvalue weighted by Gasteiger charge is 2.33. The van der Waals surface area contributed by atoms with Crippen molar-refractivity contribution >= 4 is 10.2 Å². The van der Waals surface area contributed by atoms with Crippen LogP contribution < -0.4 is 0 Å². The average molecular weight is 292 g/mol. The Labute approximate surface area is 115 Å². The number of ether oxygens (including phenoxy) is 1. The predicted octanol–water partition coefficient (Wildman–Crippen LogP) is 0.0463. The van der Waals surface area contributed by atoms with E-state index in [9.17, 15) is 13.5 Å². The van der Waals surface area contributed by atoms with Crippen LogP contribution in [0.3, 0.4) is 0 Å². The van der Waals surface area contributed by atoms with Crippen molar-refractivity contribution in [3.63, 3.8) is 0 Å². The van der Waals surface area contributed by atoms with Gasteiger partial charge in [-0.25, -0.2) is 0 Å². The predicted molar refractivity (Wildman–Crippen MR) is 71.9 cm³/mol. The second-order valence-corrected chi connectivity index (χ2v) is 7.51. The summed E-state index contributed by atoms with van der Waals surface area (Å²) in [5, 5.41) is 9.19. The normalized spacial score (nSPS) is 30.1. The van der Waals surface area contributed by atoms with Crippen LogP contribution in [0.25, 0.3) is 0 Å². The Hall–Kier alpha value is -0.210. The summed E-state index contributed by atoms with van der Waals surface area (Å²) in [7, 11) is -1.81. The molecule has 6 nitrogen and oxygen atoms in total. The fraction of sp³-hybridized carbons (Fsp3) is 1.00. The van der Waals surface area contributed by atoms with E-state index in [1.807, 2.05) is 0 Å². The second-order valence-electron chi connectivity index (χ2n) is 5.47. The Bertz CT molecular complexity index is 381. The maximum atomic E-state index is 12.4. The van der Waals surface area contributed by atoms with Crippen LogP contribution in [-0.4, -0.2) is 68.1 Å². The molecule has 1 N–H and O–H groups in total. The fourth-order valence-corrected chi connectivity index (χ4v) is 4.26. The lowest BCUT2D eigenvalue weighted by molar-refractivity contribution is 0.0951. The number of aliphatic hydroxyl groups is 1. The maximum Gasteiger partial charge on any atom is 0.281 e. The molecule has 2 fully saturated rings. The summed E-state index contributed by atoms with van der Waals surface area (Å²) in [6, 6.07) is 0. The van der Waals surface area contributed by atoms with Crippen LogP contribution in [0.4, 0.5) is 0 Å². The number of likely N-dealkylation sites (N-methyl/N-ethyl adjacent to an activating group) is 1. The van der Waals surface area contributed by atoms with Crippen LogP contribution in [0.5, 0.6) is 0 Å². The lowest BCUT2D eigenvalue weighted by Crippen LogP contribution is -2.48. The molecule has 0 aromatic rings. The number of aliphatic hydroxyl groups excluding tert-OH is 1. The van der Waals surface area contributed by atoms with Crippen LogP contribution >= 0.6 is 0 Å². The first-order valence-electron chi connectivity index (χ1n) is 6.98. The SMILES string of the molecule is CN(CC1CCCO1)S(=O)(=O)N1CCCC(CO)C1. The van der Waals surface area contributed by atoms with Gasteiger partial charge in [-0.15, -0.1) is 0 Å². The van der Waals surface area contributed by atoms with E-state index in [0.717, 1.165) is 32.3 Å². The van der Waals surface area contributed by atoms with Crippen molar-refractivity contribution in [1.29, 1.82) is 0 Å². The maximum absolute atomic E-state index is 12.4. The van der Waals surface area contributed by atoms with Gasteiger partial charge in [0.2, 0.25) is 0 Å². The molecule has 0 amide bonds. The largest absolute Gasteiger partial charge is 0.396 e. The summed E-state index contributed by atoms with van der Waals surface area (Å²) in [6.45, 7) is 2.18. The van der Waals surface area contributed by atoms with E-state index in [0.29, 0.717) is 19.6 Å². The van der Waals surface area contributed by atoms with E-state index in [2.05, 4.69) is 0 Å². The van der Waals surface area contributed by atoms with Gasteiger partial charge in [-0.3, -0.25) is 0 Å². The number of nitrogens with zero attached hydrogens (tertiary/aromatic N) is 2. The molecule has 0 saturated carbocycles. The highest BCUT2D eigenvalue weighted by atomic mass is 32.2. The van der Waals surface area contributed by atoms with Crippen molar-refractivity contribution in [2.24, 2.45) is 5.92 Å². The number of hydrogen-bond donors (Lipinski definition) is 1. The van der Waals surface area contributed by atoms with Gasteiger partial charge in [0.25, 0.3) is 10.2 Å². The summed E-state index contributed by atoms with van der Waals surface area (Å²) < 4.78 is 33.3. The van der Waals surface area contributed by atoms with Gasteiger partial charge in [0, 0.05) is 39.9 Å². The molecule has 2 aliphatic heterocycles. The third-order valence-electron chi connectivity index (χ3n) is 3.94. The summed E-state index contributed by atoms with van der Waals surface area (Å²) in [6.07, 6.45) is 3.68. The van der Waals surface area contributed by atoms with Crippen molar-refractivity contribution in [3.05, 3.63) is 0 Å². The zero-order chi connectivity index (χ0) is 13.9. The minimum Gasteiger partial charge on any atom is -0.396 e. The molecule has 2 atom stereocenters. The Morgan fingerprint density at radius 3 is 2.79 bits per heavy atom. The van der Waals surface area contributed by atoms with E-state index in [4.69, 9.17) is 4.74 Å². The van der Waals surface area contributed by atoms with Crippen LogP contribution in [0.1, 0.15) is 25.7 Å². The standard InChI is InChI=1S/C12H24N2O4S/c1-13(9-12-5-3-7-18-12)19(16,17)14-6-2-4-11(8-14)10-15/h11-12,15H,2-10H2,1H3. The van der Waals surface area contributed by atoms with Gasteiger partial charge in [-0.1, -0.05) is 0 Å². The van der Waals surface area contributed by atoms with Crippen molar-refractivity contribution < 1.29 is 18.3 Å². The highest BCUT2D eigenvalue weighted by Crippen LogP contribution is 2.21. The number of piperidine rings is 1. The smallest absolute Gasteiger partial charge is 0.281 e. The molecule has 2 aliphatic rings. The number of rotatable bonds is 5. The van der Waals surface area contributed by atoms with Crippen LogP contribution in [0.2, 0.25) is 0 Å². The fourth-order valence-electron chi connectivity index (χ4n) is 2.75. The highest BCUT2D eigenvalue weighted by molar-refractivity contribution is 7.86. The molecule has 19 heavy (non-hydrogen) atoms. The van der Waals surface area contributed by atoms with Crippen molar-refractivity contribution in [2.45, 2.75) is 31.8 Å². The molecule has 2 heterocycles. The average Bonchev–Trinajstić information content (AvgIpc) is 2.91. The monoisotopic (exact) mass is 292 g/mol. The summed E-state index contributed by atoms with van der Waals surface area (Å²) in [5.74, 6) is 0.0691. The van der Waals surface area contributed by atoms with Gasteiger partial charge in [0.15, 0.2) is 0 Å². The van der Waals surface area contributed by atoms with Gasteiger partial charge in [0.05, 0.1) is 6.10 Å². The molecular formula is C12H24N2O4S. The Morgan fingerprint density at radius 2 is 2.16 bits per heavy atom. The van der Waals surface area contributed by atoms with E-state index in [-0.39, 0.29) is 18.6 Å². The summed E-state index contributed by atoms with van der Waals surface area (Å²) >= 11 is 0. The third-order valence-corrected chi connectivity index (χ3v) is 5.87. The van der Waals surface area contributed by atoms with Crippen LogP contribution in [0.15, 0.2) is 0 Å². The quantitative estimate of drug-likeness (QED) is 0.777. The summed E-state index contributed by atoms with van der Waals surface area (Å²) in [5.41, 5.74) is 0. The van der Waals surface area contributed by atoms with Crippen LogP contribution in [0, 0.1) is 5.92 Å². The van der Waals surface area contributed by atoms with Gasteiger partial charge >= 0.3 is 0 Å². The molecule has 0 radical (unpaired) electrons. The van der Waals surface area contributed by atoms with Crippen molar-refractivity contribution in [2.75, 3.05) is 39.9 Å². The van der Waals surface area contributed by atoms with E-state index < -0.39 is 10.2 Å². The third kappa shape index (κ3) is 3.66. The first-order chi connectivity index (χ1) is 9.04. The van der Waals surface area contributed by atoms with E-state index >= 15 is 0 Å². The van der Waals surface area contributed by atoms with E-state index in [1.54, 1.807) is 7.05 Å². The van der Waals surface area contributed by atoms with Crippen molar-refractivity contribution in [1.82, 2.24) is 8.61 Å². The van der Waals surface area contributed by atoms with E-state index in [1.165, 1.54) is 8.61 Å². The van der Waals surface area contributed by atoms with Gasteiger partial charge in [0.1, 0.15) is 0 Å². The lowest BCUT2D eigenvalue weighted by atomic mass is 10.0. The first kappa shape index (κ1) is 15.2. The minimum atomic E-state index is -3.42. The minimum absolute atomic E-state index is 0.0261. The second kappa shape index (κ2) is 6.49. The molecule has 0 bridgehead atoms. The Kier molecular flexibility index (Phi) is 5.19. The molecule has 112 valence electrons. The van der Waals surface area contributed by atoms with Gasteiger partial charge in [-0.05, 0) is 31.6 Å². The number of hydrogen-bond acceptors (Lipinski definition) is 4. The molecule has 0 aromatic heterocycles. The van der Waals surface area contributed by atoms with Gasteiger partial charge in [-0.2, -0.15) is 17.0 Å². The van der Waals surface area contributed by atoms with Crippen LogP contribution in [-0.2, 0) is 14.9 Å². The Balaban J connectivity index is 1.95. The first-order valence-corrected chi connectivity index (χ1v) is 8.37. The van der Waals surface area contributed by atoms with Crippen molar-refractivity contribution in [3.8, 4) is 0 Å². The summed E-state index contributed by atoms with van der Waals surface area (Å²) in [4.78, 5) is 0. The lowest BCUT2D eigenvalue weighted by Gasteiger charge is -2.34. The molecule has 2 saturated heterocycles. The molecule has 0 aliphatic carbocycles. The zero-order valence-electron chi connectivity index (χ0n) is 11.5. The topological polar surface area (TPSA) is 70.1 Å². The molecule has 0 spiro atoms. The zero-order valence-corrected chi connectivity index (χ0v) is 12.3. The van der Waals surface area contributed by atoms with Gasteiger partial charge < -0.3 is 9.84 Å². The molecule has 0 aromatic carbocycles. The Morgan fingerprint density at radius 1 is 1.37 bits per heavy atom.